The maximum atomic E-state index is 9.66. The van der Waals surface area contributed by atoms with E-state index in [9.17, 15) is 5.26 Å². The molecule has 0 saturated heterocycles. The van der Waals surface area contributed by atoms with Crippen LogP contribution in [0.2, 0.25) is 0 Å². The Hall–Kier alpha value is -6.96. The molecule has 0 radical (unpaired) electrons. The summed E-state index contributed by atoms with van der Waals surface area (Å²) in [5.74, 6) is 0.685. The average molecular weight is 679 g/mol. The van der Waals surface area contributed by atoms with Gasteiger partial charge in [-0.15, -0.1) is 0 Å². The summed E-state index contributed by atoms with van der Waals surface area (Å²) in [5, 5.41) is 9.66. The van der Waals surface area contributed by atoms with E-state index in [1.165, 1.54) is 22.3 Å². The van der Waals surface area contributed by atoms with Gasteiger partial charge in [0.15, 0.2) is 5.82 Å². The molecule has 2 aromatic heterocycles. The molecule has 6 aromatic carbocycles. The van der Waals surface area contributed by atoms with Gasteiger partial charge in [0.1, 0.15) is 0 Å². The van der Waals surface area contributed by atoms with Crippen molar-refractivity contribution in [1.82, 2.24) is 15.0 Å². The van der Waals surface area contributed by atoms with E-state index in [2.05, 4.69) is 122 Å². The summed E-state index contributed by atoms with van der Waals surface area (Å²) in [6, 6.07) is 57.4. The summed E-state index contributed by atoms with van der Waals surface area (Å²) in [7, 11) is 0. The van der Waals surface area contributed by atoms with Gasteiger partial charge in [-0.05, 0) is 110 Å². The van der Waals surface area contributed by atoms with E-state index in [1.54, 1.807) is 0 Å². The van der Waals surface area contributed by atoms with E-state index in [0.29, 0.717) is 11.4 Å². The largest absolute Gasteiger partial charge is 0.265 e. The van der Waals surface area contributed by atoms with Crippen molar-refractivity contribution in [2.24, 2.45) is 0 Å². The number of fused-ring (bicyclic) bond motifs is 3. The van der Waals surface area contributed by atoms with Crippen molar-refractivity contribution in [2.75, 3.05) is 0 Å². The molecule has 0 N–H and O–H groups in total. The number of hydrogen-bond donors (Lipinski definition) is 0. The molecule has 0 fully saturated rings. The maximum Gasteiger partial charge on any atom is 0.160 e. The molecule has 250 valence electrons. The Morgan fingerprint density at radius 3 is 1.60 bits per heavy atom. The molecule has 2 heterocycles. The SMILES string of the molecule is CC1(C)c2cc(C#N)ccc2-c2ccc(-c3cc(-c4ccc(-c5ccncc5)cc4)cc(-c4cc(-c5ccccc5)nc(-c5ccccc5)n4)c3)cc21. The van der Waals surface area contributed by atoms with Gasteiger partial charge >= 0.3 is 0 Å². The molecule has 0 aliphatic heterocycles. The number of benzene rings is 6. The number of aromatic nitrogens is 3. The van der Waals surface area contributed by atoms with E-state index in [0.717, 1.165) is 61.5 Å². The second-order valence-corrected chi connectivity index (χ2v) is 14.1. The van der Waals surface area contributed by atoms with E-state index in [4.69, 9.17) is 9.97 Å². The van der Waals surface area contributed by atoms with Crippen LogP contribution in [0.3, 0.4) is 0 Å². The zero-order chi connectivity index (χ0) is 35.9. The maximum absolute atomic E-state index is 9.66. The molecular weight excluding hydrogens is 645 g/mol. The Bertz CT molecular complexity index is 2620. The van der Waals surface area contributed by atoms with Gasteiger partial charge in [0.25, 0.3) is 0 Å². The van der Waals surface area contributed by atoms with Crippen molar-refractivity contribution in [3.63, 3.8) is 0 Å². The molecule has 53 heavy (non-hydrogen) atoms. The molecule has 0 unspecified atom stereocenters. The number of hydrogen-bond acceptors (Lipinski definition) is 4. The number of nitriles is 1. The van der Waals surface area contributed by atoms with Gasteiger partial charge in [0.2, 0.25) is 0 Å². The van der Waals surface area contributed by atoms with Crippen LogP contribution in [0.4, 0.5) is 0 Å². The van der Waals surface area contributed by atoms with Crippen LogP contribution in [0.1, 0.15) is 30.5 Å². The standard InChI is InChI=1S/C49H34N4/c1-49(2)44-25-32(31-50)13-19-42(44)43-20-18-38(29-45(43)49)40-26-39(34-16-14-33(15-17-34)35-21-23-51-24-22-35)27-41(28-40)47-30-46(36-9-5-3-6-10-36)52-48(53-47)37-11-7-4-8-12-37/h3-30H,1-2H3. The summed E-state index contributed by atoms with van der Waals surface area (Å²) < 4.78 is 0. The van der Waals surface area contributed by atoms with Crippen molar-refractivity contribution >= 4 is 0 Å². The lowest BCUT2D eigenvalue weighted by Crippen LogP contribution is -2.15. The minimum absolute atomic E-state index is 0.251. The van der Waals surface area contributed by atoms with Crippen LogP contribution in [0.5, 0.6) is 0 Å². The van der Waals surface area contributed by atoms with Crippen LogP contribution in [0, 0.1) is 11.3 Å². The molecule has 0 bridgehead atoms. The highest BCUT2D eigenvalue weighted by Crippen LogP contribution is 2.50. The Morgan fingerprint density at radius 2 is 0.943 bits per heavy atom. The van der Waals surface area contributed by atoms with Crippen LogP contribution >= 0.6 is 0 Å². The summed E-state index contributed by atoms with van der Waals surface area (Å²) in [4.78, 5) is 14.4. The molecule has 9 rings (SSSR count). The number of pyridine rings is 1. The molecule has 8 aromatic rings. The Kier molecular flexibility index (Phi) is 7.83. The van der Waals surface area contributed by atoms with E-state index in [1.807, 2.05) is 73.1 Å². The fraction of sp³-hybridized carbons (Fsp3) is 0.0612. The predicted octanol–water partition coefficient (Wildman–Crippen LogP) is 12.1. The lowest BCUT2D eigenvalue weighted by molar-refractivity contribution is 0.660. The molecular formula is C49H34N4. The fourth-order valence-electron chi connectivity index (χ4n) is 7.56. The first-order valence-corrected chi connectivity index (χ1v) is 17.8. The van der Waals surface area contributed by atoms with E-state index >= 15 is 0 Å². The Morgan fingerprint density at radius 1 is 0.434 bits per heavy atom. The third-order valence-electron chi connectivity index (χ3n) is 10.4. The van der Waals surface area contributed by atoms with Gasteiger partial charge in [-0.25, -0.2) is 9.97 Å². The number of rotatable bonds is 6. The molecule has 4 nitrogen and oxygen atoms in total. The minimum atomic E-state index is -0.251. The first-order valence-electron chi connectivity index (χ1n) is 17.8. The zero-order valence-corrected chi connectivity index (χ0v) is 29.5. The zero-order valence-electron chi connectivity index (χ0n) is 29.5. The topological polar surface area (TPSA) is 62.5 Å². The normalized spacial score (nSPS) is 12.5. The highest BCUT2D eigenvalue weighted by Gasteiger charge is 2.36. The van der Waals surface area contributed by atoms with E-state index in [-0.39, 0.29) is 5.41 Å². The Balaban J connectivity index is 1.22. The van der Waals surface area contributed by atoms with Crippen molar-refractivity contribution in [3.05, 3.63) is 187 Å². The lowest BCUT2D eigenvalue weighted by Gasteiger charge is -2.22. The summed E-state index contributed by atoms with van der Waals surface area (Å²) in [5.41, 5.74) is 16.8. The molecule has 1 aliphatic rings. The van der Waals surface area contributed by atoms with Crippen molar-refractivity contribution in [3.8, 4) is 84.5 Å². The molecule has 0 spiro atoms. The van der Waals surface area contributed by atoms with Gasteiger partial charge in [-0.1, -0.05) is 117 Å². The highest BCUT2D eigenvalue weighted by atomic mass is 14.9. The Labute approximate surface area is 309 Å². The first-order chi connectivity index (χ1) is 25.9. The van der Waals surface area contributed by atoms with Crippen molar-refractivity contribution in [2.45, 2.75) is 19.3 Å². The summed E-state index contributed by atoms with van der Waals surface area (Å²) in [6.45, 7) is 4.51. The summed E-state index contributed by atoms with van der Waals surface area (Å²) in [6.07, 6.45) is 3.65. The molecule has 0 saturated carbocycles. The average Bonchev–Trinajstić information content (AvgIpc) is 3.46. The van der Waals surface area contributed by atoms with E-state index < -0.39 is 0 Å². The lowest BCUT2D eigenvalue weighted by atomic mass is 9.81. The predicted molar refractivity (Wildman–Crippen MR) is 215 cm³/mol. The van der Waals surface area contributed by atoms with Crippen LogP contribution in [0.25, 0.3) is 78.4 Å². The first kappa shape index (κ1) is 32.0. The fourth-order valence-corrected chi connectivity index (χ4v) is 7.56. The monoisotopic (exact) mass is 678 g/mol. The minimum Gasteiger partial charge on any atom is -0.265 e. The van der Waals surface area contributed by atoms with Crippen LogP contribution in [-0.4, -0.2) is 15.0 Å². The molecule has 4 heteroatoms. The quantitative estimate of drug-likeness (QED) is 0.176. The molecule has 0 atom stereocenters. The smallest absolute Gasteiger partial charge is 0.160 e. The van der Waals surface area contributed by atoms with Crippen LogP contribution in [-0.2, 0) is 5.41 Å². The second-order valence-electron chi connectivity index (χ2n) is 14.1. The van der Waals surface area contributed by atoms with Crippen molar-refractivity contribution < 1.29 is 0 Å². The summed E-state index contributed by atoms with van der Waals surface area (Å²) >= 11 is 0. The third-order valence-corrected chi connectivity index (χ3v) is 10.4. The number of nitrogens with zero attached hydrogens (tertiary/aromatic N) is 4. The molecule has 0 amide bonds. The van der Waals surface area contributed by atoms with Crippen molar-refractivity contribution in [1.29, 1.82) is 5.26 Å². The van der Waals surface area contributed by atoms with Gasteiger partial charge in [-0.2, -0.15) is 5.26 Å². The van der Waals surface area contributed by atoms with Crippen LogP contribution in [0.15, 0.2) is 170 Å². The highest BCUT2D eigenvalue weighted by molar-refractivity contribution is 5.87. The molecule has 1 aliphatic carbocycles. The third kappa shape index (κ3) is 5.89. The second kappa shape index (κ2) is 13.0. The van der Waals surface area contributed by atoms with Gasteiger partial charge in [-0.3, -0.25) is 4.98 Å². The van der Waals surface area contributed by atoms with Gasteiger partial charge in [0.05, 0.1) is 23.0 Å². The van der Waals surface area contributed by atoms with Gasteiger partial charge in [0, 0.05) is 34.5 Å². The van der Waals surface area contributed by atoms with Gasteiger partial charge < -0.3 is 0 Å². The van der Waals surface area contributed by atoms with Crippen LogP contribution < -0.4 is 0 Å².